The molecule has 2 N–H and O–H groups in total. The van der Waals surface area contributed by atoms with Crippen molar-refractivity contribution in [1.29, 1.82) is 0 Å². The van der Waals surface area contributed by atoms with E-state index in [9.17, 15) is 18.4 Å². The molecule has 2 amide bonds. The third-order valence-electron chi connectivity index (χ3n) is 4.18. The Morgan fingerprint density at radius 1 is 1.04 bits per heavy atom. The summed E-state index contributed by atoms with van der Waals surface area (Å²) in [5.41, 5.74) is 2.74. The second kappa shape index (κ2) is 6.42. The van der Waals surface area contributed by atoms with E-state index in [0.717, 1.165) is 40.4 Å². The highest BCUT2D eigenvalue weighted by atomic mass is 32.2. The smallest absolute Gasteiger partial charge is 0.290 e. The van der Waals surface area contributed by atoms with Gasteiger partial charge in [0.15, 0.2) is 11.6 Å². The van der Waals surface area contributed by atoms with Gasteiger partial charge in [-0.25, -0.2) is 8.78 Å². The van der Waals surface area contributed by atoms with Crippen LogP contribution in [0.4, 0.5) is 13.6 Å². The summed E-state index contributed by atoms with van der Waals surface area (Å²) >= 11 is 0.816. The zero-order chi connectivity index (χ0) is 18.3. The number of rotatable bonds is 3. The highest BCUT2D eigenvalue weighted by Crippen LogP contribution is 2.36. The van der Waals surface area contributed by atoms with Crippen LogP contribution in [0.25, 0.3) is 16.5 Å². The summed E-state index contributed by atoms with van der Waals surface area (Å²) in [6.07, 6.45) is 1.96. The average Bonchev–Trinajstić information content (AvgIpc) is 3.21. The predicted molar refractivity (Wildman–Crippen MR) is 96.4 cm³/mol. The lowest BCUT2D eigenvalue weighted by Crippen LogP contribution is -2.18. The third-order valence-corrected chi connectivity index (χ3v) is 5.10. The first-order valence-electron chi connectivity index (χ1n) is 7.79. The summed E-state index contributed by atoms with van der Waals surface area (Å²) < 4.78 is 26.9. The van der Waals surface area contributed by atoms with Crippen molar-refractivity contribution < 1.29 is 18.4 Å². The van der Waals surface area contributed by atoms with Gasteiger partial charge < -0.3 is 4.98 Å². The number of benzene rings is 2. The van der Waals surface area contributed by atoms with Gasteiger partial charge in [-0.15, -0.1) is 0 Å². The van der Waals surface area contributed by atoms with Crippen LogP contribution in [0.5, 0.6) is 0 Å². The molecule has 0 bridgehead atoms. The Morgan fingerprint density at radius 3 is 2.62 bits per heavy atom. The summed E-state index contributed by atoms with van der Waals surface area (Å²) in [4.78, 5) is 27.2. The first-order chi connectivity index (χ1) is 12.5. The number of carbonyl (C=O) groups excluding carboxylic acids is 2. The van der Waals surface area contributed by atoms with E-state index in [1.54, 1.807) is 6.20 Å². The molecule has 2 heterocycles. The van der Waals surface area contributed by atoms with E-state index in [2.05, 4.69) is 10.3 Å². The van der Waals surface area contributed by atoms with Gasteiger partial charge in [-0.1, -0.05) is 18.2 Å². The molecule has 7 heteroatoms. The highest BCUT2D eigenvalue weighted by molar-refractivity contribution is 8.18. The van der Waals surface area contributed by atoms with E-state index >= 15 is 0 Å². The standard InChI is InChI=1S/C19H12F2N2O2S/c20-14-5-4-10(9-15(14)21)8-13(17-18(24)23-19(25)26-17)11-2-1-3-16-12(11)6-7-22-16/h1-7,9,22H,8H2,(H,23,24,25). The lowest BCUT2D eigenvalue weighted by molar-refractivity contribution is -0.115. The van der Waals surface area contributed by atoms with Crippen LogP contribution in [0.1, 0.15) is 11.1 Å². The Kier molecular flexibility index (Phi) is 4.08. The Morgan fingerprint density at radius 2 is 1.88 bits per heavy atom. The van der Waals surface area contributed by atoms with E-state index < -0.39 is 22.8 Å². The fraction of sp³-hybridized carbons (Fsp3) is 0.0526. The van der Waals surface area contributed by atoms with Crippen molar-refractivity contribution in [1.82, 2.24) is 10.3 Å². The molecule has 0 aliphatic carbocycles. The average molecular weight is 370 g/mol. The van der Waals surface area contributed by atoms with Crippen LogP contribution in [0, 0.1) is 11.6 Å². The molecular weight excluding hydrogens is 358 g/mol. The van der Waals surface area contributed by atoms with Crippen molar-refractivity contribution in [3.05, 3.63) is 76.3 Å². The number of imide groups is 1. The Bertz CT molecular complexity index is 1090. The summed E-state index contributed by atoms with van der Waals surface area (Å²) in [6, 6.07) is 11.1. The number of hydrogen-bond donors (Lipinski definition) is 2. The highest BCUT2D eigenvalue weighted by Gasteiger charge is 2.29. The molecule has 1 aliphatic heterocycles. The lowest BCUT2D eigenvalue weighted by atomic mass is 9.95. The zero-order valence-corrected chi connectivity index (χ0v) is 14.1. The number of allylic oxidation sites excluding steroid dienone is 1. The topological polar surface area (TPSA) is 62.0 Å². The van der Waals surface area contributed by atoms with Crippen molar-refractivity contribution in [3.8, 4) is 0 Å². The van der Waals surface area contributed by atoms with Crippen molar-refractivity contribution in [2.45, 2.75) is 6.42 Å². The first kappa shape index (κ1) is 16.5. The second-order valence-corrected chi connectivity index (χ2v) is 6.80. The van der Waals surface area contributed by atoms with Gasteiger partial charge in [0.1, 0.15) is 0 Å². The third kappa shape index (κ3) is 2.90. The maximum Gasteiger partial charge on any atom is 0.290 e. The molecule has 0 radical (unpaired) electrons. The summed E-state index contributed by atoms with van der Waals surface area (Å²) in [5, 5.41) is 2.68. The van der Waals surface area contributed by atoms with E-state index in [0.29, 0.717) is 11.1 Å². The number of carbonyl (C=O) groups is 2. The van der Waals surface area contributed by atoms with Gasteiger partial charge in [0.2, 0.25) is 0 Å². The second-order valence-electron chi connectivity index (χ2n) is 5.82. The van der Waals surface area contributed by atoms with Gasteiger partial charge in [-0.3, -0.25) is 14.9 Å². The monoisotopic (exact) mass is 370 g/mol. The minimum atomic E-state index is -0.952. The number of aromatic amines is 1. The molecule has 0 unspecified atom stereocenters. The van der Waals surface area contributed by atoms with Crippen LogP contribution in [0.3, 0.4) is 0 Å². The van der Waals surface area contributed by atoms with E-state index in [1.807, 2.05) is 24.3 Å². The van der Waals surface area contributed by atoms with Crippen molar-refractivity contribution in [3.63, 3.8) is 0 Å². The van der Waals surface area contributed by atoms with Gasteiger partial charge in [0.05, 0.1) is 4.91 Å². The molecule has 1 saturated heterocycles. The van der Waals surface area contributed by atoms with Gasteiger partial charge in [-0.05, 0) is 59.1 Å². The van der Waals surface area contributed by atoms with E-state index in [4.69, 9.17) is 0 Å². The van der Waals surface area contributed by atoms with Crippen LogP contribution in [0.2, 0.25) is 0 Å². The zero-order valence-electron chi connectivity index (χ0n) is 13.3. The molecule has 1 aromatic heterocycles. The number of aromatic nitrogens is 1. The Balaban J connectivity index is 1.89. The molecule has 1 fully saturated rings. The van der Waals surface area contributed by atoms with Crippen LogP contribution in [0.15, 0.2) is 53.6 Å². The van der Waals surface area contributed by atoms with Crippen LogP contribution < -0.4 is 5.32 Å². The van der Waals surface area contributed by atoms with Crippen molar-refractivity contribution in [2.24, 2.45) is 0 Å². The minimum absolute atomic E-state index is 0.185. The normalized spacial score (nSPS) is 16.2. The molecule has 0 spiro atoms. The first-order valence-corrected chi connectivity index (χ1v) is 8.61. The molecule has 0 atom stereocenters. The number of nitrogens with one attached hydrogen (secondary N) is 2. The number of thioether (sulfide) groups is 1. The van der Waals surface area contributed by atoms with Crippen molar-refractivity contribution >= 4 is 39.4 Å². The van der Waals surface area contributed by atoms with Crippen LogP contribution in [-0.2, 0) is 11.2 Å². The van der Waals surface area contributed by atoms with E-state index in [1.165, 1.54) is 6.07 Å². The molecule has 0 saturated carbocycles. The fourth-order valence-electron chi connectivity index (χ4n) is 3.01. The van der Waals surface area contributed by atoms with Crippen LogP contribution >= 0.6 is 11.8 Å². The number of fused-ring (bicyclic) bond motifs is 1. The Hall–Kier alpha value is -2.93. The minimum Gasteiger partial charge on any atom is -0.361 e. The number of hydrogen-bond acceptors (Lipinski definition) is 3. The molecule has 2 aromatic carbocycles. The molecule has 3 aromatic rings. The fourth-order valence-corrected chi connectivity index (χ4v) is 3.79. The summed E-state index contributed by atoms with van der Waals surface area (Å²) in [6.45, 7) is 0. The summed E-state index contributed by atoms with van der Waals surface area (Å²) in [7, 11) is 0. The van der Waals surface area contributed by atoms with Gasteiger partial charge in [0.25, 0.3) is 11.1 Å². The van der Waals surface area contributed by atoms with Gasteiger partial charge in [0, 0.05) is 17.1 Å². The quantitative estimate of drug-likeness (QED) is 0.673. The number of amides is 2. The maximum atomic E-state index is 13.6. The molecule has 4 rings (SSSR count). The number of H-pyrrole nitrogens is 1. The van der Waals surface area contributed by atoms with E-state index in [-0.39, 0.29) is 11.3 Å². The largest absolute Gasteiger partial charge is 0.361 e. The maximum absolute atomic E-state index is 13.6. The van der Waals surface area contributed by atoms with Gasteiger partial charge >= 0.3 is 0 Å². The SMILES string of the molecule is O=C1NC(=O)C(=C(Cc2ccc(F)c(F)c2)c2cccc3[nH]ccc23)S1. The summed E-state index contributed by atoms with van der Waals surface area (Å²) in [5.74, 6) is -2.37. The lowest BCUT2D eigenvalue weighted by Gasteiger charge is -2.12. The Labute approximate surface area is 151 Å². The molecule has 26 heavy (non-hydrogen) atoms. The molecular formula is C19H12F2N2O2S. The number of halogens is 2. The van der Waals surface area contributed by atoms with Crippen LogP contribution in [-0.4, -0.2) is 16.1 Å². The molecule has 1 aliphatic rings. The van der Waals surface area contributed by atoms with Gasteiger partial charge in [-0.2, -0.15) is 0 Å². The molecule has 4 nitrogen and oxygen atoms in total. The predicted octanol–water partition coefficient (Wildman–Crippen LogP) is 4.38. The van der Waals surface area contributed by atoms with Crippen molar-refractivity contribution in [2.75, 3.05) is 0 Å². The molecule has 130 valence electrons.